The molecule has 1 saturated carbocycles. The van der Waals surface area contributed by atoms with Crippen LogP contribution in [0.3, 0.4) is 0 Å². The molecule has 1 aliphatic rings. The third-order valence-corrected chi connectivity index (χ3v) is 5.15. The van der Waals surface area contributed by atoms with Crippen molar-refractivity contribution in [1.29, 1.82) is 0 Å². The van der Waals surface area contributed by atoms with Gasteiger partial charge in [0.15, 0.2) is 0 Å². The van der Waals surface area contributed by atoms with Crippen molar-refractivity contribution >= 4 is 5.91 Å². The van der Waals surface area contributed by atoms with E-state index in [0.717, 1.165) is 35.9 Å². The van der Waals surface area contributed by atoms with Crippen molar-refractivity contribution in [1.82, 2.24) is 29.9 Å². The molecule has 8 nitrogen and oxygen atoms in total. The predicted molar refractivity (Wildman–Crippen MR) is 104 cm³/mol. The fraction of sp³-hybridized carbons (Fsp3) is 0.400. The summed E-state index contributed by atoms with van der Waals surface area (Å²) in [6.07, 6.45) is 0.399. The molecule has 0 atom stereocenters. The number of rotatable bonds is 7. The Labute approximate surface area is 171 Å². The maximum absolute atomic E-state index is 12.9. The van der Waals surface area contributed by atoms with Crippen LogP contribution in [0.2, 0.25) is 0 Å². The van der Waals surface area contributed by atoms with Gasteiger partial charge in [0, 0.05) is 31.9 Å². The van der Waals surface area contributed by atoms with Crippen molar-refractivity contribution in [3.8, 4) is 17.1 Å². The predicted octanol–water partition coefficient (Wildman–Crippen LogP) is 2.97. The van der Waals surface area contributed by atoms with Gasteiger partial charge in [0.25, 0.3) is 12.3 Å². The van der Waals surface area contributed by atoms with Crippen molar-refractivity contribution in [3.63, 3.8) is 0 Å². The van der Waals surface area contributed by atoms with E-state index in [-0.39, 0.29) is 5.69 Å². The Hall–Kier alpha value is -3.30. The van der Waals surface area contributed by atoms with Gasteiger partial charge in [-0.05, 0) is 38.0 Å². The second-order valence-corrected chi connectivity index (χ2v) is 7.27. The van der Waals surface area contributed by atoms with Crippen LogP contribution in [0.4, 0.5) is 8.78 Å². The third-order valence-electron chi connectivity index (χ3n) is 5.15. The quantitative estimate of drug-likeness (QED) is 0.640. The van der Waals surface area contributed by atoms with E-state index in [1.807, 2.05) is 32.2 Å². The van der Waals surface area contributed by atoms with Gasteiger partial charge in [-0.2, -0.15) is 10.2 Å². The number of nitrogens with zero attached hydrogens (tertiary/aromatic N) is 5. The van der Waals surface area contributed by atoms with Gasteiger partial charge in [-0.15, -0.1) is 0 Å². The first-order chi connectivity index (χ1) is 14.3. The molecule has 0 radical (unpaired) electrons. The minimum Gasteiger partial charge on any atom is -0.478 e. The molecule has 1 amide bonds. The summed E-state index contributed by atoms with van der Waals surface area (Å²) in [7, 11) is 3.29. The van der Waals surface area contributed by atoms with Crippen molar-refractivity contribution in [2.45, 2.75) is 31.7 Å². The molecule has 158 valence electrons. The molecular formula is C20H22F2N6O2. The lowest BCUT2D eigenvalue weighted by atomic mass is 10.1. The zero-order chi connectivity index (χ0) is 21.5. The van der Waals surface area contributed by atoms with Gasteiger partial charge in [-0.1, -0.05) is 0 Å². The standard InChI is InChI=1S/C20H22F2N6O2/c1-4-30-17-9-12(5-8-23-17)13-11-16(28(3)25-13)20(6-7-20)24-19(29)15-10-14(18(21)22)26-27(15)2/h5,8-11,18H,4,6-7H2,1-3H3,(H,24,29). The van der Waals surface area contributed by atoms with Gasteiger partial charge < -0.3 is 10.1 Å². The fourth-order valence-electron chi connectivity index (χ4n) is 3.51. The van der Waals surface area contributed by atoms with E-state index in [1.165, 1.54) is 11.7 Å². The number of aromatic nitrogens is 5. The smallest absolute Gasteiger partial charge is 0.282 e. The molecule has 1 aliphatic carbocycles. The Morgan fingerprint density at radius 2 is 2.00 bits per heavy atom. The van der Waals surface area contributed by atoms with Gasteiger partial charge in [0.05, 0.1) is 23.5 Å². The normalized spacial score (nSPS) is 14.7. The average molecular weight is 416 g/mol. The van der Waals surface area contributed by atoms with Crippen LogP contribution in [0.5, 0.6) is 5.88 Å². The topological polar surface area (TPSA) is 86.9 Å². The first-order valence-corrected chi connectivity index (χ1v) is 9.61. The minimum absolute atomic E-state index is 0.0921. The SMILES string of the molecule is CCOc1cc(-c2cc(C3(NC(=O)c4cc(C(F)F)nn4C)CC3)n(C)n2)ccn1. The van der Waals surface area contributed by atoms with Gasteiger partial charge in [0.2, 0.25) is 5.88 Å². The second kappa shape index (κ2) is 7.51. The number of halogens is 2. The van der Waals surface area contributed by atoms with Gasteiger partial charge in [0.1, 0.15) is 11.4 Å². The lowest BCUT2D eigenvalue weighted by Crippen LogP contribution is -2.37. The number of amides is 1. The summed E-state index contributed by atoms with van der Waals surface area (Å²) in [5.74, 6) is 0.0716. The highest BCUT2D eigenvalue weighted by molar-refractivity contribution is 5.93. The highest BCUT2D eigenvalue weighted by Gasteiger charge is 2.48. The second-order valence-electron chi connectivity index (χ2n) is 7.27. The Bertz CT molecular complexity index is 1090. The van der Waals surface area contributed by atoms with E-state index in [2.05, 4.69) is 20.5 Å². The third kappa shape index (κ3) is 3.64. The molecule has 4 rings (SSSR count). The maximum Gasteiger partial charge on any atom is 0.282 e. The van der Waals surface area contributed by atoms with Crippen molar-refractivity contribution in [3.05, 3.63) is 47.5 Å². The Balaban J connectivity index is 1.58. The number of carbonyl (C=O) groups excluding carboxylic acids is 1. The van der Waals surface area contributed by atoms with Crippen LogP contribution in [0.1, 0.15) is 48.1 Å². The zero-order valence-corrected chi connectivity index (χ0v) is 16.9. The van der Waals surface area contributed by atoms with Crippen LogP contribution in [0.15, 0.2) is 30.5 Å². The molecule has 3 aromatic rings. The Morgan fingerprint density at radius 1 is 1.23 bits per heavy atom. The number of alkyl halides is 2. The van der Waals surface area contributed by atoms with Crippen LogP contribution in [-0.2, 0) is 19.6 Å². The summed E-state index contributed by atoms with van der Waals surface area (Å²) in [4.78, 5) is 16.9. The molecule has 30 heavy (non-hydrogen) atoms. The number of nitrogens with one attached hydrogen (secondary N) is 1. The van der Waals surface area contributed by atoms with E-state index >= 15 is 0 Å². The number of hydrogen-bond donors (Lipinski definition) is 1. The lowest BCUT2D eigenvalue weighted by Gasteiger charge is -2.17. The van der Waals surface area contributed by atoms with Crippen LogP contribution >= 0.6 is 0 Å². The number of carbonyl (C=O) groups is 1. The summed E-state index contributed by atoms with van der Waals surface area (Å²) in [5, 5.41) is 11.3. The van der Waals surface area contributed by atoms with E-state index < -0.39 is 23.6 Å². The van der Waals surface area contributed by atoms with Crippen molar-refractivity contribution in [2.75, 3.05) is 6.61 Å². The average Bonchev–Trinajstić information content (AvgIpc) is 3.18. The summed E-state index contributed by atoms with van der Waals surface area (Å²) >= 11 is 0. The van der Waals surface area contributed by atoms with Crippen LogP contribution in [0.25, 0.3) is 11.3 Å². The largest absolute Gasteiger partial charge is 0.478 e. The summed E-state index contributed by atoms with van der Waals surface area (Å²) in [6.45, 7) is 2.40. The molecule has 3 aromatic heterocycles. The van der Waals surface area contributed by atoms with Crippen molar-refractivity contribution < 1.29 is 18.3 Å². The first kappa shape index (κ1) is 20.0. The lowest BCUT2D eigenvalue weighted by molar-refractivity contribution is 0.0919. The molecule has 0 saturated heterocycles. The Morgan fingerprint density at radius 3 is 2.63 bits per heavy atom. The number of aryl methyl sites for hydroxylation is 2. The number of ether oxygens (including phenoxy) is 1. The minimum atomic E-state index is -2.73. The maximum atomic E-state index is 12.9. The highest BCUT2D eigenvalue weighted by Crippen LogP contribution is 2.46. The van der Waals surface area contributed by atoms with E-state index in [4.69, 9.17) is 4.74 Å². The molecule has 0 unspecified atom stereocenters. The van der Waals surface area contributed by atoms with Gasteiger partial charge in [-0.3, -0.25) is 14.2 Å². The molecule has 0 aromatic carbocycles. The monoisotopic (exact) mass is 416 g/mol. The van der Waals surface area contributed by atoms with Gasteiger partial charge >= 0.3 is 0 Å². The molecular weight excluding hydrogens is 394 g/mol. The molecule has 0 aliphatic heterocycles. The fourth-order valence-corrected chi connectivity index (χ4v) is 3.51. The molecule has 0 spiro atoms. The van der Waals surface area contributed by atoms with Gasteiger partial charge in [-0.25, -0.2) is 13.8 Å². The Kier molecular flexibility index (Phi) is 5.00. The summed E-state index contributed by atoms with van der Waals surface area (Å²) in [6, 6.07) is 6.70. The number of hydrogen-bond acceptors (Lipinski definition) is 5. The van der Waals surface area contributed by atoms with Crippen LogP contribution < -0.4 is 10.1 Å². The molecule has 0 bridgehead atoms. The molecule has 1 fully saturated rings. The zero-order valence-electron chi connectivity index (χ0n) is 16.9. The highest BCUT2D eigenvalue weighted by atomic mass is 19.3. The molecule has 10 heteroatoms. The van der Waals surface area contributed by atoms with Crippen molar-refractivity contribution in [2.24, 2.45) is 14.1 Å². The first-order valence-electron chi connectivity index (χ1n) is 9.61. The summed E-state index contributed by atoms with van der Waals surface area (Å²) < 4.78 is 34.2. The van der Waals surface area contributed by atoms with Crippen LogP contribution in [0, 0.1) is 0 Å². The van der Waals surface area contributed by atoms with Crippen LogP contribution in [-0.4, -0.2) is 37.1 Å². The van der Waals surface area contributed by atoms with E-state index in [1.54, 1.807) is 10.9 Å². The van der Waals surface area contributed by atoms with E-state index in [0.29, 0.717) is 12.5 Å². The molecule has 3 heterocycles. The number of pyridine rings is 1. The van der Waals surface area contributed by atoms with E-state index in [9.17, 15) is 13.6 Å². The summed E-state index contributed by atoms with van der Waals surface area (Å²) in [5.41, 5.74) is 1.52. The molecule has 1 N–H and O–H groups in total.